The Labute approximate surface area is 94.1 Å². The Bertz CT molecular complexity index is 373. The van der Waals surface area contributed by atoms with Crippen LogP contribution in [0.2, 0.25) is 0 Å². The van der Waals surface area contributed by atoms with Crippen LogP contribution in [0.25, 0.3) is 0 Å². The van der Waals surface area contributed by atoms with Crippen molar-refractivity contribution in [2.75, 3.05) is 31.1 Å². The van der Waals surface area contributed by atoms with Crippen LogP contribution >= 0.6 is 0 Å². The number of carboxylic acid groups (broad SMARTS) is 1. The molecule has 0 saturated carbocycles. The zero-order valence-corrected chi connectivity index (χ0v) is 9.02. The summed E-state index contributed by atoms with van der Waals surface area (Å²) in [6.45, 7) is 3.72. The summed E-state index contributed by atoms with van der Waals surface area (Å²) in [5, 5.41) is 12.2. The Hall–Kier alpha value is -1.62. The predicted molar refractivity (Wildman–Crippen MR) is 60.9 cm³/mol. The average molecular weight is 221 g/mol. The van der Waals surface area contributed by atoms with Gasteiger partial charge in [-0.3, -0.25) is 0 Å². The van der Waals surface area contributed by atoms with Crippen molar-refractivity contribution in [1.29, 1.82) is 0 Å². The molecule has 1 aliphatic heterocycles. The highest BCUT2D eigenvalue weighted by Gasteiger charge is 2.12. The minimum atomic E-state index is -0.906. The SMILES string of the molecule is O=C(O)c1ccnc(N2CCCNCC2)c1. The molecule has 86 valence electrons. The minimum Gasteiger partial charge on any atom is -0.478 e. The lowest BCUT2D eigenvalue weighted by atomic mass is 10.2. The van der Waals surface area contributed by atoms with Crippen molar-refractivity contribution in [2.45, 2.75) is 6.42 Å². The molecule has 2 N–H and O–H groups in total. The van der Waals surface area contributed by atoms with Crippen LogP contribution in [0.5, 0.6) is 0 Å². The van der Waals surface area contributed by atoms with E-state index in [1.807, 2.05) is 0 Å². The van der Waals surface area contributed by atoms with Gasteiger partial charge in [-0.05, 0) is 25.1 Å². The number of aromatic nitrogens is 1. The summed E-state index contributed by atoms with van der Waals surface area (Å²) < 4.78 is 0. The molecule has 0 radical (unpaired) electrons. The van der Waals surface area contributed by atoms with Gasteiger partial charge < -0.3 is 15.3 Å². The Kier molecular flexibility index (Phi) is 3.36. The van der Waals surface area contributed by atoms with E-state index in [1.165, 1.54) is 6.07 Å². The summed E-state index contributed by atoms with van der Waals surface area (Å²) in [6, 6.07) is 3.15. The van der Waals surface area contributed by atoms with Gasteiger partial charge in [-0.1, -0.05) is 0 Å². The van der Waals surface area contributed by atoms with Crippen LogP contribution in [0, 0.1) is 0 Å². The number of anilines is 1. The fourth-order valence-electron chi connectivity index (χ4n) is 1.80. The second-order valence-corrected chi connectivity index (χ2v) is 3.80. The highest BCUT2D eigenvalue weighted by molar-refractivity contribution is 5.88. The maximum absolute atomic E-state index is 10.8. The monoisotopic (exact) mass is 221 g/mol. The number of pyridine rings is 1. The molecule has 0 bridgehead atoms. The molecule has 0 aliphatic carbocycles. The Morgan fingerprint density at radius 2 is 2.31 bits per heavy atom. The van der Waals surface area contributed by atoms with E-state index in [2.05, 4.69) is 15.2 Å². The van der Waals surface area contributed by atoms with Gasteiger partial charge in [0.15, 0.2) is 0 Å². The van der Waals surface area contributed by atoms with E-state index >= 15 is 0 Å². The zero-order valence-electron chi connectivity index (χ0n) is 9.02. The summed E-state index contributed by atoms with van der Waals surface area (Å²) in [6.07, 6.45) is 2.61. The molecule has 1 saturated heterocycles. The quantitative estimate of drug-likeness (QED) is 0.764. The van der Waals surface area contributed by atoms with Gasteiger partial charge in [0.1, 0.15) is 5.82 Å². The van der Waals surface area contributed by atoms with Gasteiger partial charge in [-0.15, -0.1) is 0 Å². The fourth-order valence-corrected chi connectivity index (χ4v) is 1.80. The lowest BCUT2D eigenvalue weighted by molar-refractivity contribution is 0.0697. The van der Waals surface area contributed by atoms with Gasteiger partial charge in [-0.25, -0.2) is 9.78 Å². The second-order valence-electron chi connectivity index (χ2n) is 3.80. The molecule has 1 aromatic heterocycles. The third kappa shape index (κ3) is 2.49. The van der Waals surface area contributed by atoms with E-state index in [-0.39, 0.29) is 0 Å². The van der Waals surface area contributed by atoms with Crippen molar-refractivity contribution < 1.29 is 9.90 Å². The molecule has 16 heavy (non-hydrogen) atoms. The fraction of sp³-hybridized carbons (Fsp3) is 0.455. The van der Waals surface area contributed by atoms with E-state index in [0.717, 1.165) is 38.4 Å². The summed E-state index contributed by atoms with van der Waals surface area (Å²) >= 11 is 0. The number of carbonyl (C=O) groups is 1. The molecular formula is C11H15N3O2. The number of nitrogens with one attached hydrogen (secondary N) is 1. The third-order valence-electron chi connectivity index (χ3n) is 2.66. The van der Waals surface area contributed by atoms with Crippen molar-refractivity contribution in [3.05, 3.63) is 23.9 Å². The third-order valence-corrected chi connectivity index (χ3v) is 2.66. The van der Waals surface area contributed by atoms with Gasteiger partial charge in [0.05, 0.1) is 5.56 Å². The topological polar surface area (TPSA) is 65.5 Å². The van der Waals surface area contributed by atoms with Crippen LogP contribution in [0.4, 0.5) is 5.82 Å². The highest BCUT2D eigenvalue weighted by atomic mass is 16.4. The number of aromatic carboxylic acids is 1. The highest BCUT2D eigenvalue weighted by Crippen LogP contribution is 2.13. The van der Waals surface area contributed by atoms with Gasteiger partial charge in [-0.2, -0.15) is 0 Å². The van der Waals surface area contributed by atoms with Gasteiger partial charge in [0.2, 0.25) is 0 Å². The largest absolute Gasteiger partial charge is 0.478 e. The molecular weight excluding hydrogens is 206 g/mol. The van der Waals surface area contributed by atoms with Gasteiger partial charge >= 0.3 is 5.97 Å². The summed E-state index contributed by atoms with van der Waals surface area (Å²) in [5.74, 6) is -0.153. The Morgan fingerprint density at radius 3 is 3.12 bits per heavy atom. The van der Waals surface area contributed by atoms with E-state index in [0.29, 0.717) is 5.56 Å². The van der Waals surface area contributed by atoms with Crippen LogP contribution < -0.4 is 10.2 Å². The first kappa shape index (κ1) is 10.9. The summed E-state index contributed by atoms with van der Waals surface area (Å²) in [7, 11) is 0. The first-order valence-corrected chi connectivity index (χ1v) is 5.42. The number of hydrogen-bond acceptors (Lipinski definition) is 4. The zero-order chi connectivity index (χ0) is 11.4. The predicted octanol–water partition coefficient (Wildman–Crippen LogP) is 0.579. The van der Waals surface area contributed by atoms with Crippen molar-refractivity contribution >= 4 is 11.8 Å². The normalized spacial score (nSPS) is 16.9. The van der Waals surface area contributed by atoms with Crippen LogP contribution in [0.1, 0.15) is 16.8 Å². The molecule has 1 fully saturated rings. The average Bonchev–Trinajstić information content (AvgIpc) is 2.57. The Balaban J connectivity index is 2.18. The molecule has 1 aliphatic rings. The van der Waals surface area contributed by atoms with Crippen LogP contribution in [0.3, 0.4) is 0 Å². The van der Waals surface area contributed by atoms with Crippen LogP contribution in [-0.4, -0.2) is 42.2 Å². The van der Waals surface area contributed by atoms with Crippen molar-refractivity contribution in [1.82, 2.24) is 10.3 Å². The maximum atomic E-state index is 10.8. The van der Waals surface area contributed by atoms with E-state index in [4.69, 9.17) is 5.11 Å². The van der Waals surface area contributed by atoms with E-state index in [1.54, 1.807) is 12.3 Å². The smallest absolute Gasteiger partial charge is 0.335 e. The lowest BCUT2D eigenvalue weighted by Gasteiger charge is -2.20. The van der Waals surface area contributed by atoms with Gasteiger partial charge in [0, 0.05) is 25.8 Å². The molecule has 2 rings (SSSR count). The molecule has 2 heterocycles. The molecule has 5 heteroatoms. The second kappa shape index (κ2) is 4.94. The summed E-state index contributed by atoms with van der Waals surface area (Å²) in [4.78, 5) is 17.2. The van der Waals surface area contributed by atoms with Crippen molar-refractivity contribution in [3.8, 4) is 0 Å². The molecule has 1 aromatic rings. The molecule has 0 unspecified atom stereocenters. The standard InChI is InChI=1S/C11H15N3O2/c15-11(16)9-2-4-13-10(8-9)14-6-1-3-12-5-7-14/h2,4,8,12H,1,3,5-7H2,(H,15,16). The number of hydrogen-bond donors (Lipinski definition) is 2. The molecule has 0 amide bonds. The maximum Gasteiger partial charge on any atom is 0.335 e. The number of nitrogens with zero attached hydrogens (tertiary/aromatic N) is 2. The molecule has 0 spiro atoms. The van der Waals surface area contributed by atoms with E-state index in [9.17, 15) is 4.79 Å². The molecule has 5 nitrogen and oxygen atoms in total. The Morgan fingerprint density at radius 1 is 1.44 bits per heavy atom. The van der Waals surface area contributed by atoms with E-state index < -0.39 is 5.97 Å². The lowest BCUT2D eigenvalue weighted by Crippen LogP contribution is -2.28. The minimum absolute atomic E-state index is 0.294. The van der Waals surface area contributed by atoms with Crippen LogP contribution in [0.15, 0.2) is 18.3 Å². The first-order chi connectivity index (χ1) is 7.77. The number of carboxylic acids is 1. The van der Waals surface area contributed by atoms with Crippen molar-refractivity contribution in [3.63, 3.8) is 0 Å². The first-order valence-electron chi connectivity index (χ1n) is 5.42. The van der Waals surface area contributed by atoms with Crippen LogP contribution in [-0.2, 0) is 0 Å². The van der Waals surface area contributed by atoms with Crippen molar-refractivity contribution in [2.24, 2.45) is 0 Å². The summed E-state index contributed by atoms with van der Waals surface area (Å²) in [5.41, 5.74) is 0.294. The molecule has 0 aromatic carbocycles. The number of rotatable bonds is 2. The molecule has 0 atom stereocenters. The van der Waals surface area contributed by atoms with Gasteiger partial charge in [0.25, 0.3) is 0 Å².